The molecular weight excluding hydrogens is 220 g/mol. The fraction of sp³-hybridized carbons (Fsp3) is 0.273. The van der Waals surface area contributed by atoms with E-state index in [1.54, 1.807) is 11.3 Å². The van der Waals surface area contributed by atoms with Crippen LogP contribution in [0, 0.1) is 6.92 Å². The van der Waals surface area contributed by atoms with E-state index in [1.807, 2.05) is 30.1 Å². The molecule has 0 aliphatic heterocycles. The first-order valence-electron chi connectivity index (χ1n) is 5.05. The summed E-state index contributed by atoms with van der Waals surface area (Å²) in [6, 6.07) is 0. The number of imidazole rings is 1. The summed E-state index contributed by atoms with van der Waals surface area (Å²) < 4.78 is 2.06. The van der Waals surface area contributed by atoms with E-state index in [-0.39, 0.29) is 0 Å². The molecule has 2 rings (SSSR count). The fourth-order valence-electron chi connectivity index (χ4n) is 1.46. The Kier molecular flexibility index (Phi) is 3.36. The van der Waals surface area contributed by atoms with Gasteiger partial charge in [0.2, 0.25) is 5.95 Å². The summed E-state index contributed by atoms with van der Waals surface area (Å²) in [5, 5.41) is 5.25. The maximum atomic E-state index is 4.41. The van der Waals surface area contributed by atoms with E-state index in [9.17, 15) is 0 Å². The van der Waals surface area contributed by atoms with Crippen molar-refractivity contribution in [2.75, 3.05) is 11.9 Å². The van der Waals surface area contributed by atoms with Crippen LogP contribution in [0.2, 0.25) is 0 Å². The van der Waals surface area contributed by atoms with E-state index < -0.39 is 0 Å². The molecule has 0 saturated carbocycles. The van der Waals surface area contributed by atoms with Gasteiger partial charge < -0.3 is 9.88 Å². The Morgan fingerprint density at radius 3 is 3.19 bits per heavy atom. The van der Waals surface area contributed by atoms with Crippen LogP contribution in [-0.2, 0) is 6.54 Å². The van der Waals surface area contributed by atoms with Crippen LogP contribution in [0.25, 0.3) is 0 Å². The predicted octanol–water partition coefficient (Wildman–Crippen LogP) is 2.29. The highest BCUT2D eigenvalue weighted by molar-refractivity contribution is 7.07. The van der Waals surface area contributed by atoms with Crippen LogP contribution in [0.1, 0.15) is 11.4 Å². The van der Waals surface area contributed by atoms with Gasteiger partial charge in [0.05, 0.1) is 23.4 Å². The van der Waals surface area contributed by atoms with Crippen molar-refractivity contribution in [3.63, 3.8) is 0 Å². The molecule has 0 amide bonds. The number of hydrogen-bond acceptors (Lipinski definition) is 4. The van der Waals surface area contributed by atoms with Gasteiger partial charge in [-0.15, -0.1) is 17.9 Å². The molecule has 1 N–H and O–H groups in total. The zero-order valence-corrected chi connectivity index (χ0v) is 10.00. The Bertz CT molecular complexity index is 458. The molecule has 84 valence electrons. The van der Waals surface area contributed by atoms with Gasteiger partial charge in [-0.2, -0.15) is 0 Å². The molecule has 2 aromatic heterocycles. The van der Waals surface area contributed by atoms with Crippen molar-refractivity contribution in [1.82, 2.24) is 14.5 Å². The summed E-state index contributed by atoms with van der Waals surface area (Å²) >= 11 is 1.61. The quantitative estimate of drug-likeness (QED) is 0.807. The molecule has 0 atom stereocenters. The molecule has 5 heteroatoms. The number of hydrogen-bond donors (Lipinski definition) is 1. The average Bonchev–Trinajstić information content (AvgIpc) is 2.86. The summed E-state index contributed by atoms with van der Waals surface area (Å²) in [5.74, 6) is 0.866. The highest BCUT2D eigenvalue weighted by Gasteiger charge is 2.05. The Labute approximate surface area is 98.7 Å². The second-order valence-corrected chi connectivity index (χ2v) is 4.20. The van der Waals surface area contributed by atoms with E-state index in [2.05, 4.69) is 26.4 Å². The van der Waals surface area contributed by atoms with E-state index in [0.717, 1.165) is 23.9 Å². The molecule has 0 aliphatic rings. The molecule has 0 fully saturated rings. The van der Waals surface area contributed by atoms with E-state index in [0.29, 0.717) is 6.54 Å². The van der Waals surface area contributed by atoms with Crippen LogP contribution in [0.4, 0.5) is 5.95 Å². The van der Waals surface area contributed by atoms with Crippen molar-refractivity contribution in [2.45, 2.75) is 13.5 Å². The fourth-order valence-corrected chi connectivity index (χ4v) is 2.01. The van der Waals surface area contributed by atoms with E-state index in [1.165, 1.54) is 0 Å². The topological polar surface area (TPSA) is 42.7 Å². The van der Waals surface area contributed by atoms with Crippen molar-refractivity contribution in [3.8, 4) is 0 Å². The number of aromatic nitrogens is 3. The van der Waals surface area contributed by atoms with Gasteiger partial charge in [0.15, 0.2) is 0 Å². The van der Waals surface area contributed by atoms with E-state index in [4.69, 9.17) is 0 Å². The van der Waals surface area contributed by atoms with Crippen molar-refractivity contribution >= 4 is 17.3 Å². The second-order valence-electron chi connectivity index (χ2n) is 3.48. The third-order valence-corrected chi connectivity index (χ3v) is 2.75. The summed E-state index contributed by atoms with van der Waals surface area (Å²) in [4.78, 5) is 8.67. The van der Waals surface area contributed by atoms with Crippen molar-refractivity contribution in [3.05, 3.63) is 41.1 Å². The van der Waals surface area contributed by atoms with E-state index >= 15 is 0 Å². The van der Waals surface area contributed by atoms with Crippen molar-refractivity contribution in [2.24, 2.45) is 0 Å². The summed E-state index contributed by atoms with van der Waals surface area (Å²) in [6.07, 6.45) is 3.84. The summed E-state index contributed by atoms with van der Waals surface area (Å²) in [5.41, 5.74) is 3.90. The van der Waals surface area contributed by atoms with Crippen molar-refractivity contribution < 1.29 is 0 Å². The highest BCUT2D eigenvalue weighted by atomic mass is 32.1. The Morgan fingerprint density at radius 2 is 2.50 bits per heavy atom. The number of nitrogens with zero attached hydrogens (tertiary/aromatic N) is 3. The average molecular weight is 234 g/mol. The molecule has 0 spiro atoms. The zero-order chi connectivity index (χ0) is 11.4. The molecule has 4 nitrogen and oxygen atoms in total. The lowest BCUT2D eigenvalue weighted by Gasteiger charge is -2.06. The van der Waals surface area contributed by atoms with Crippen LogP contribution >= 0.6 is 11.3 Å². The molecule has 2 heterocycles. The third kappa shape index (κ3) is 2.49. The zero-order valence-electron chi connectivity index (χ0n) is 9.18. The van der Waals surface area contributed by atoms with Crippen molar-refractivity contribution in [1.29, 1.82) is 0 Å². The van der Waals surface area contributed by atoms with Crippen LogP contribution < -0.4 is 5.32 Å². The number of thiazole rings is 1. The largest absolute Gasteiger partial charge is 0.352 e. The minimum absolute atomic E-state index is 0.716. The van der Waals surface area contributed by atoms with Gasteiger partial charge in [-0.25, -0.2) is 9.97 Å². The molecule has 0 aromatic carbocycles. The van der Waals surface area contributed by atoms with Gasteiger partial charge >= 0.3 is 0 Å². The maximum absolute atomic E-state index is 4.41. The molecule has 16 heavy (non-hydrogen) atoms. The molecule has 0 aliphatic carbocycles. The minimum atomic E-state index is 0.716. The Hall–Kier alpha value is -1.62. The Morgan fingerprint density at radius 1 is 1.62 bits per heavy atom. The summed E-state index contributed by atoms with van der Waals surface area (Å²) in [7, 11) is 0. The number of rotatable bonds is 5. The lowest BCUT2D eigenvalue weighted by atomic mass is 10.5. The lowest BCUT2D eigenvalue weighted by Crippen LogP contribution is -2.07. The van der Waals surface area contributed by atoms with Gasteiger partial charge in [-0.3, -0.25) is 0 Å². The van der Waals surface area contributed by atoms with Crippen LogP contribution in [-0.4, -0.2) is 21.1 Å². The molecular formula is C11H14N4S. The van der Waals surface area contributed by atoms with Gasteiger partial charge in [0.1, 0.15) is 0 Å². The normalized spacial score (nSPS) is 10.3. The van der Waals surface area contributed by atoms with Crippen LogP contribution in [0.5, 0.6) is 0 Å². The standard InChI is InChI=1S/C11H14N4S/c1-3-4-12-11-14-9(2)5-15(11)6-10-7-16-8-13-10/h3,5,7-8H,1,4,6H2,2H3,(H,12,14). The predicted molar refractivity (Wildman–Crippen MR) is 66.9 cm³/mol. The SMILES string of the molecule is C=CCNc1nc(C)cn1Cc1cscn1. The Balaban J connectivity index is 2.15. The van der Waals surface area contributed by atoms with Crippen LogP contribution in [0.15, 0.2) is 29.7 Å². The number of aryl methyl sites for hydroxylation is 1. The highest BCUT2D eigenvalue weighted by Crippen LogP contribution is 2.11. The molecule has 0 saturated heterocycles. The molecule has 0 bridgehead atoms. The maximum Gasteiger partial charge on any atom is 0.203 e. The molecule has 0 unspecified atom stereocenters. The third-order valence-electron chi connectivity index (χ3n) is 2.12. The van der Waals surface area contributed by atoms with Crippen LogP contribution in [0.3, 0.4) is 0 Å². The lowest BCUT2D eigenvalue weighted by molar-refractivity contribution is 0.783. The number of anilines is 1. The molecule has 2 aromatic rings. The van der Waals surface area contributed by atoms with Gasteiger partial charge in [0.25, 0.3) is 0 Å². The smallest absolute Gasteiger partial charge is 0.203 e. The molecule has 0 radical (unpaired) electrons. The first-order chi connectivity index (χ1) is 7.79. The number of nitrogens with one attached hydrogen (secondary N) is 1. The van der Waals surface area contributed by atoms with Gasteiger partial charge in [-0.1, -0.05) is 6.08 Å². The van der Waals surface area contributed by atoms with Gasteiger partial charge in [0, 0.05) is 18.1 Å². The second kappa shape index (κ2) is 4.94. The monoisotopic (exact) mass is 234 g/mol. The first-order valence-corrected chi connectivity index (χ1v) is 5.99. The minimum Gasteiger partial charge on any atom is -0.352 e. The first kappa shape index (κ1) is 10.9. The van der Waals surface area contributed by atoms with Gasteiger partial charge in [-0.05, 0) is 6.92 Å². The summed E-state index contributed by atoms with van der Waals surface area (Å²) in [6.45, 7) is 7.13.